The van der Waals surface area contributed by atoms with Crippen molar-refractivity contribution in [3.8, 4) is 5.69 Å². The molecule has 0 aliphatic rings. The van der Waals surface area contributed by atoms with Crippen LogP contribution in [0.5, 0.6) is 0 Å². The van der Waals surface area contributed by atoms with Gasteiger partial charge in [-0.1, -0.05) is 0 Å². The van der Waals surface area contributed by atoms with E-state index >= 15 is 0 Å². The second kappa shape index (κ2) is 6.21. The van der Waals surface area contributed by atoms with E-state index in [1.54, 1.807) is 6.33 Å². The summed E-state index contributed by atoms with van der Waals surface area (Å²) in [6.45, 7) is 5.31. The number of aromatic nitrogens is 2. The summed E-state index contributed by atoms with van der Waals surface area (Å²) in [5, 5.41) is 5.17. The molecule has 0 saturated carbocycles. The molecule has 0 aliphatic carbocycles. The van der Waals surface area contributed by atoms with Crippen molar-refractivity contribution in [3.05, 3.63) is 42.0 Å². The quantitative estimate of drug-likeness (QED) is 0.895. The van der Waals surface area contributed by atoms with Crippen LogP contribution in [-0.4, -0.2) is 27.9 Å². The number of hydrogen-bond acceptors (Lipinski definition) is 3. The van der Waals surface area contributed by atoms with Gasteiger partial charge in [0.2, 0.25) is 11.8 Å². The van der Waals surface area contributed by atoms with Crippen molar-refractivity contribution in [3.63, 3.8) is 0 Å². The molecule has 110 valence electrons. The molecule has 2 aromatic rings. The summed E-state index contributed by atoms with van der Waals surface area (Å²) in [6.07, 6.45) is 1.77. The summed E-state index contributed by atoms with van der Waals surface area (Å²) < 4.78 is 1.98. The fourth-order valence-corrected chi connectivity index (χ4v) is 1.87. The molecule has 0 spiro atoms. The summed E-state index contributed by atoms with van der Waals surface area (Å²) in [4.78, 5) is 26.6. The summed E-state index contributed by atoms with van der Waals surface area (Å²) in [7, 11) is 0. The van der Waals surface area contributed by atoms with Crippen molar-refractivity contribution < 1.29 is 9.59 Å². The highest BCUT2D eigenvalue weighted by Gasteiger charge is 2.06. The van der Waals surface area contributed by atoms with Gasteiger partial charge in [0.05, 0.1) is 18.6 Å². The second-order valence-corrected chi connectivity index (χ2v) is 4.79. The van der Waals surface area contributed by atoms with Crippen LogP contribution in [0.25, 0.3) is 5.69 Å². The number of carbonyl (C=O) groups excluding carboxylic acids is 2. The minimum Gasteiger partial charge on any atom is -0.347 e. The summed E-state index contributed by atoms with van der Waals surface area (Å²) in [5.41, 5.74) is 3.73. The third-order valence-corrected chi connectivity index (χ3v) is 3.18. The fraction of sp³-hybridized carbons (Fsp3) is 0.267. The van der Waals surface area contributed by atoms with Crippen LogP contribution in [-0.2, 0) is 9.59 Å². The minimum atomic E-state index is -0.257. The highest BCUT2D eigenvalue weighted by molar-refractivity contribution is 5.94. The number of benzene rings is 1. The Morgan fingerprint density at radius 2 is 1.86 bits per heavy atom. The van der Waals surface area contributed by atoms with Gasteiger partial charge in [-0.3, -0.25) is 9.59 Å². The van der Waals surface area contributed by atoms with Crippen molar-refractivity contribution in [2.75, 3.05) is 11.9 Å². The van der Waals surface area contributed by atoms with Gasteiger partial charge in [0, 0.05) is 24.0 Å². The van der Waals surface area contributed by atoms with E-state index in [4.69, 9.17) is 0 Å². The topological polar surface area (TPSA) is 76.0 Å². The third-order valence-electron chi connectivity index (χ3n) is 3.18. The fourth-order valence-electron chi connectivity index (χ4n) is 1.87. The number of amides is 2. The van der Waals surface area contributed by atoms with Crippen LogP contribution in [0.3, 0.4) is 0 Å². The molecule has 21 heavy (non-hydrogen) atoms. The lowest BCUT2D eigenvalue weighted by molar-refractivity contribution is -0.122. The third kappa shape index (κ3) is 3.68. The second-order valence-electron chi connectivity index (χ2n) is 4.79. The first-order chi connectivity index (χ1) is 9.97. The molecule has 0 unspecified atom stereocenters. The van der Waals surface area contributed by atoms with Crippen LogP contribution in [0.15, 0.2) is 30.6 Å². The normalized spacial score (nSPS) is 10.2. The lowest BCUT2D eigenvalue weighted by Crippen LogP contribution is -2.31. The zero-order chi connectivity index (χ0) is 15.4. The van der Waals surface area contributed by atoms with Crippen LogP contribution >= 0.6 is 0 Å². The van der Waals surface area contributed by atoms with Gasteiger partial charge in [0.1, 0.15) is 0 Å². The first kappa shape index (κ1) is 14.8. The predicted octanol–water partition coefficient (Wildman–Crippen LogP) is 1.56. The molecule has 0 saturated heterocycles. The zero-order valence-corrected chi connectivity index (χ0v) is 12.3. The Labute approximate surface area is 123 Å². The van der Waals surface area contributed by atoms with E-state index in [0.29, 0.717) is 5.69 Å². The Balaban J connectivity index is 2.04. The number of imidazole rings is 1. The number of aryl methyl sites for hydroxylation is 1. The molecular weight excluding hydrogens is 268 g/mol. The smallest absolute Gasteiger partial charge is 0.243 e. The highest BCUT2D eigenvalue weighted by atomic mass is 16.2. The first-order valence-corrected chi connectivity index (χ1v) is 6.62. The Kier molecular flexibility index (Phi) is 4.37. The molecule has 0 aliphatic heterocycles. The molecule has 0 bridgehead atoms. The molecule has 0 fully saturated rings. The minimum absolute atomic E-state index is 0.0308. The number of nitrogens with zero attached hydrogens (tertiary/aromatic N) is 2. The van der Waals surface area contributed by atoms with Gasteiger partial charge >= 0.3 is 0 Å². The van der Waals surface area contributed by atoms with E-state index in [1.807, 2.05) is 42.7 Å². The Morgan fingerprint density at radius 3 is 2.38 bits per heavy atom. The lowest BCUT2D eigenvalue weighted by Gasteiger charge is -2.08. The molecule has 1 aromatic carbocycles. The van der Waals surface area contributed by atoms with Crippen molar-refractivity contribution in [2.45, 2.75) is 20.8 Å². The van der Waals surface area contributed by atoms with Crippen LogP contribution in [0.4, 0.5) is 5.69 Å². The average Bonchev–Trinajstić information content (AvgIpc) is 2.78. The molecular formula is C15H18N4O2. The molecule has 2 rings (SSSR count). The maximum absolute atomic E-state index is 11.6. The molecule has 2 amide bonds. The van der Waals surface area contributed by atoms with Crippen LogP contribution in [0.2, 0.25) is 0 Å². The van der Waals surface area contributed by atoms with Crippen molar-refractivity contribution in [1.82, 2.24) is 14.9 Å². The largest absolute Gasteiger partial charge is 0.347 e. The van der Waals surface area contributed by atoms with Gasteiger partial charge in [0.15, 0.2) is 0 Å². The van der Waals surface area contributed by atoms with E-state index in [0.717, 1.165) is 17.1 Å². The molecule has 0 atom stereocenters. The lowest BCUT2D eigenvalue weighted by atomic mass is 10.2. The van der Waals surface area contributed by atoms with E-state index in [9.17, 15) is 9.59 Å². The monoisotopic (exact) mass is 286 g/mol. The first-order valence-electron chi connectivity index (χ1n) is 6.62. The number of carbonyl (C=O) groups is 2. The van der Waals surface area contributed by atoms with Gasteiger partial charge in [-0.25, -0.2) is 4.98 Å². The molecule has 6 heteroatoms. The van der Waals surface area contributed by atoms with Crippen molar-refractivity contribution in [2.24, 2.45) is 0 Å². The maximum Gasteiger partial charge on any atom is 0.243 e. The van der Waals surface area contributed by atoms with Crippen molar-refractivity contribution in [1.29, 1.82) is 0 Å². The van der Waals surface area contributed by atoms with Crippen LogP contribution in [0, 0.1) is 13.8 Å². The van der Waals surface area contributed by atoms with E-state index in [-0.39, 0.29) is 18.4 Å². The molecule has 1 heterocycles. The summed E-state index contributed by atoms with van der Waals surface area (Å²) in [5.74, 6) is -0.487. The molecule has 1 aromatic heterocycles. The van der Waals surface area contributed by atoms with Gasteiger partial charge in [-0.15, -0.1) is 0 Å². The van der Waals surface area contributed by atoms with Gasteiger partial charge in [-0.05, 0) is 38.1 Å². The Hall–Kier alpha value is -2.63. The Morgan fingerprint density at radius 1 is 1.19 bits per heavy atom. The van der Waals surface area contributed by atoms with E-state index in [2.05, 4.69) is 15.6 Å². The molecule has 6 nitrogen and oxygen atoms in total. The standard InChI is InChI=1S/C15H18N4O2/c1-10-11(2)19(9-17-10)14-6-4-13(5-7-14)18-15(21)8-16-12(3)20/h4-7,9H,8H2,1-3H3,(H,16,20)(H,18,21). The Bertz CT molecular complexity index is 659. The SMILES string of the molecule is CC(=O)NCC(=O)Nc1ccc(-n2cnc(C)c2C)cc1. The zero-order valence-electron chi connectivity index (χ0n) is 12.3. The van der Waals surface area contributed by atoms with E-state index < -0.39 is 0 Å². The highest BCUT2D eigenvalue weighted by Crippen LogP contribution is 2.16. The number of rotatable bonds is 4. The van der Waals surface area contributed by atoms with Gasteiger partial charge < -0.3 is 15.2 Å². The summed E-state index contributed by atoms with van der Waals surface area (Å²) in [6, 6.07) is 7.44. The van der Waals surface area contributed by atoms with Gasteiger partial charge in [-0.2, -0.15) is 0 Å². The number of nitrogens with one attached hydrogen (secondary N) is 2. The van der Waals surface area contributed by atoms with E-state index in [1.165, 1.54) is 6.92 Å². The number of anilines is 1. The average molecular weight is 286 g/mol. The number of hydrogen-bond donors (Lipinski definition) is 2. The molecule has 2 N–H and O–H groups in total. The predicted molar refractivity (Wildman–Crippen MR) is 80.4 cm³/mol. The van der Waals surface area contributed by atoms with Crippen LogP contribution < -0.4 is 10.6 Å². The molecule has 0 radical (unpaired) electrons. The van der Waals surface area contributed by atoms with Crippen LogP contribution in [0.1, 0.15) is 18.3 Å². The maximum atomic E-state index is 11.6. The van der Waals surface area contributed by atoms with Crippen molar-refractivity contribution >= 4 is 17.5 Å². The van der Waals surface area contributed by atoms with Gasteiger partial charge in [0.25, 0.3) is 0 Å². The summed E-state index contributed by atoms with van der Waals surface area (Å²) >= 11 is 0.